The standard InChI is InChI=1S/C18H34N2.C2H2O4/c1-15-6-10-19(11-7-15)17-8-12-20(13-9-17)18-5-3-4-16(2)14-18;3-1(4)2(5)6/h15-18H,3-14H2,1-2H3;(H,3,4)(H,5,6). The fraction of sp³-hybridized carbons (Fsp3) is 0.900. The van der Waals surface area contributed by atoms with Crippen LogP contribution < -0.4 is 0 Å². The molecule has 0 radical (unpaired) electrons. The molecule has 2 saturated heterocycles. The zero-order valence-electron chi connectivity index (χ0n) is 16.4. The Balaban J connectivity index is 0.000000352. The zero-order chi connectivity index (χ0) is 19.1. The van der Waals surface area contributed by atoms with Crippen molar-refractivity contribution in [3.8, 4) is 0 Å². The van der Waals surface area contributed by atoms with Gasteiger partial charge in [-0.15, -0.1) is 0 Å². The fourth-order valence-corrected chi connectivity index (χ4v) is 4.74. The van der Waals surface area contributed by atoms with Crippen LogP contribution in [0.3, 0.4) is 0 Å². The lowest BCUT2D eigenvalue weighted by atomic mass is 9.85. The Bertz CT molecular complexity index is 443. The number of hydrogen-bond donors (Lipinski definition) is 2. The van der Waals surface area contributed by atoms with Crippen LogP contribution in [0, 0.1) is 11.8 Å². The SMILES string of the molecule is CC1CCN(C2CCN(C3CCCC(C)C3)CC2)CC1.O=C(O)C(=O)O. The van der Waals surface area contributed by atoms with Crippen molar-refractivity contribution in [2.75, 3.05) is 26.2 Å². The lowest BCUT2D eigenvalue weighted by Crippen LogP contribution is -2.50. The van der Waals surface area contributed by atoms with Crippen molar-refractivity contribution in [2.45, 2.75) is 77.3 Å². The van der Waals surface area contributed by atoms with Gasteiger partial charge in [0.25, 0.3) is 0 Å². The lowest BCUT2D eigenvalue weighted by Gasteiger charge is -2.44. The average molecular weight is 369 g/mol. The van der Waals surface area contributed by atoms with E-state index in [0.717, 1.165) is 23.9 Å². The molecule has 26 heavy (non-hydrogen) atoms. The molecule has 0 bridgehead atoms. The summed E-state index contributed by atoms with van der Waals surface area (Å²) in [5, 5.41) is 14.8. The number of aliphatic carboxylic acids is 2. The normalized spacial score (nSPS) is 29.6. The summed E-state index contributed by atoms with van der Waals surface area (Å²) >= 11 is 0. The number of nitrogens with zero attached hydrogens (tertiary/aromatic N) is 2. The second-order valence-electron chi connectivity index (χ2n) is 8.52. The van der Waals surface area contributed by atoms with Gasteiger partial charge in [0.1, 0.15) is 0 Å². The first-order chi connectivity index (χ1) is 12.4. The van der Waals surface area contributed by atoms with E-state index in [9.17, 15) is 0 Å². The van der Waals surface area contributed by atoms with E-state index in [1.54, 1.807) is 0 Å². The van der Waals surface area contributed by atoms with E-state index in [1.807, 2.05) is 0 Å². The largest absolute Gasteiger partial charge is 0.473 e. The number of likely N-dealkylation sites (tertiary alicyclic amines) is 2. The molecule has 150 valence electrons. The van der Waals surface area contributed by atoms with Crippen molar-refractivity contribution in [1.82, 2.24) is 9.80 Å². The predicted octanol–water partition coefficient (Wildman–Crippen LogP) is 2.92. The van der Waals surface area contributed by atoms with Gasteiger partial charge in [-0.25, -0.2) is 9.59 Å². The predicted molar refractivity (Wildman–Crippen MR) is 101 cm³/mol. The molecule has 0 aromatic carbocycles. The van der Waals surface area contributed by atoms with Gasteiger partial charge in [-0.1, -0.05) is 26.7 Å². The molecular formula is C20H36N2O4. The minimum absolute atomic E-state index is 0.903. The number of piperidine rings is 2. The van der Waals surface area contributed by atoms with Crippen LogP contribution in [0.2, 0.25) is 0 Å². The maximum atomic E-state index is 9.10. The third-order valence-electron chi connectivity index (χ3n) is 6.44. The van der Waals surface area contributed by atoms with Crippen LogP contribution >= 0.6 is 0 Å². The number of hydrogen-bond acceptors (Lipinski definition) is 4. The van der Waals surface area contributed by atoms with Crippen molar-refractivity contribution < 1.29 is 19.8 Å². The Labute approximate surface area is 157 Å². The second kappa shape index (κ2) is 10.3. The first-order valence-corrected chi connectivity index (χ1v) is 10.3. The summed E-state index contributed by atoms with van der Waals surface area (Å²) in [5.41, 5.74) is 0. The first kappa shape index (κ1) is 21.2. The Morgan fingerprint density at radius 2 is 1.19 bits per heavy atom. The molecule has 0 aromatic rings. The summed E-state index contributed by atoms with van der Waals surface area (Å²) in [6, 6.07) is 1.82. The molecule has 6 nitrogen and oxygen atoms in total. The molecule has 0 spiro atoms. The lowest BCUT2D eigenvalue weighted by molar-refractivity contribution is -0.159. The molecule has 1 saturated carbocycles. The topological polar surface area (TPSA) is 81.1 Å². The summed E-state index contributed by atoms with van der Waals surface area (Å²) in [5.74, 6) is -1.71. The van der Waals surface area contributed by atoms with Gasteiger partial charge in [-0.2, -0.15) is 0 Å². The van der Waals surface area contributed by atoms with E-state index in [1.165, 1.54) is 77.5 Å². The summed E-state index contributed by atoms with van der Waals surface area (Å²) in [7, 11) is 0. The molecule has 6 heteroatoms. The molecule has 2 heterocycles. The van der Waals surface area contributed by atoms with Crippen molar-refractivity contribution >= 4 is 11.9 Å². The van der Waals surface area contributed by atoms with Gasteiger partial charge in [0.2, 0.25) is 0 Å². The highest BCUT2D eigenvalue weighted by molar-refractivity contribution is 6.27. The van der Waals surface area contributed by atoms with Gasteiger partial charge in [-0.3, -0.25) is 0 Å². The van der Waals surface area contributed by atoms with E-state index >= 15 is 0 Å². The van der Waals surface area contributed by atoms with Crippen molar-refractivity contribution in [1.29, 1.82) is 0 Å². The molecule has 2 N–H and O–H groups in total. The van der Waals surface area contributed by atoms with Crippen LogP contribution in [0.5, 0.6) is 0 Å². The highest BCUT2D eigenvalue weighted by Gasteiger charge is 2.31. The molecule has 1 aliphatic carbocycles. The summed E-state index contributed by atoms with van der Waals surface area (Å²) in [6.07, 6.45) is 11.6. The Hall–Kier alpha value is -1.14. The minimum atomic E-state index is -1.82. The van der Waals surface area contributed by atoms with Gasteiger partial charge in [0.15, 0.2) is 0 Å². The number of carboxylic acid groups (broad SMARTS) is 2. The second-order valence-corrected chi connectivity index (χ2v) is 8.52. The molecule has 0 amide bonds. The van der Waals surface area contributed by atoms with Crippen molar-refractivity contribution in [3.63, 3.8) is 0 Å². The van der Waals surface area contributed by atoms with Gasteiger partial charge >= 0.3 is 11.9 Å². The van der Waals surface area contributed by atoms with Crippen molar-refractivity contribution in [2.24, 2.45) is 11.8 Å². The molecular weight excluding hydrogens is 332 g/mol. The molecule has 0 aromatic heterocycles. The number of carboxylic acids is 2. The van der Waals surface area contributed by atoms with Crippen LogP contribution in [0.15, 0.2) is 0 Å². The summed E-state index contributed by atoms with van der Waals surface area (Å²) in [4.78, 5) is 23.8. The van der Waals surface area contributed by atoms with E-state index < -0.39 is 11.9 Å². The Kier molecular flexibility index (Phi) is 8.35. The average Bonchev–Trinajstić information content (AvgIpc) is 2.63. The molecule has 2 unspecified atom stereocenters. The first-order valence-electron chi connectivity index (χ1n) is 10.3. The Morgan fingerprint density at radius 3 is 1.69 bits per heavy atom. The van der Waals surface area contributed by atoms with Crippen LogP contribution in [0.4, 0.5) is 0 Å². The highest BCUT2D eigenvalue weighted by Crippen LogP contribution is 2.30. The van der Waals surface area contributed by atoms with Crippen LogP contribution in [0.25, 0.3) is 0 Å². The Morgan fingerprint density at radius 1 is 0.692 bits per heavy atom. The van der Waals surface area contributed by atoms with Crippen LogP contribution in [-0.4, -0.2) is 70.2 Å². The smallest absolute Gasteiger partial charge is 0.414 e. The third kappa shape index (κ3) is 6.54. The molecule has 2 aliphatic heterocycles. The maximum Gasteiger partial charge on any atom is 0.414 e. The quantitative estimate of drug-likeness (QED) is 0.730. The van der Waals surface area contributed by atoms with Gasteiger partial charge < -0.3 is 20.0 Å². The van der Waals surface area contributed by atoms with Gasteiger partial charge in [0, 0.05) is 12.1 Å². The molecule has 3 aliphatic rings. The van der Waals surface area contributed by atoms with E-state index in [0.29, 0.717) is 0 Å². The summed E-state index contributed by atoms with van der Waals surface area (Å²) in [6.45, 7) is 10.3. The monoisotopic (exact) mass is 368 g/mol. The zero-order valence-corrected chi connectivity index (χ0v) is 16.4. The van der Waals surface area contributed by atoms with Crippen molar-refractivity contribution in [3.05, 3.63) is 0 Å². The third-order valence-corrected chi connectivity index (χ3v) is 6.44. The molecule has 2 atom stereocenters. The van der Waals surface area contributed by atoms with Crippen LogP contribution in [0.1, 0.15) is 65.2 Å². The minimum Gasteiger partial charge on any atom is -0.473 e. The summed E-state index contributed by atoms with van der Waals surface area (Å²) < 4.78 is 0. The van der Waals surface area contributed by atoms with E-state index in [2.05, 4.69) is 23.6 Å². The van der Waals surface area contributed by atoms with Gasteiger partial charge in [-0.05, 0) is 76.5 Å². The number of rotatable bonds is 2. The molecule has 3 rings (SSSR count). The van der Waals surface area contributed by atoms with Gasteiger partial charge in [0.05, 0.1) is 0 Å². The maximum absolute atomic E-state index is 9.10. The fourth-order valence-electron chi connectivity index (χ4n) is 4.74. The van der Waals surface area contributed by atoms with Crippen LogP contribution in [-0.2, 0) is 9.59 Å². The van der Waals surface area contributed by atoms with E-state index in [-0.39, 0.29) is 0 Å². The molecule has 3 fully saturated rings. The van der Waals surface area contributed by atoms with E-state index in [4.69, 9.17) is 19.8 Å². The highest BCUT2D eigenvalue weighted by atomic mass is 16.4. The number of carbonyl (C=O) groups is 2.